The number of nitrogens with one attached hydrogen (secondary N) is 1. The summed E-state index contributed by atoms with van der Waals surface area (Å²) < 4.78 is 0. The van der Waals surface area contributed by atoms with E-state index in [1.165, 1.54) is 6.42 Å². The minimum absolute atomic E-state index is 0.0112. The van der Waals surface area contributed by atoms with Gasteiger partial charge in [-0.3, -0.25) is 14.5 Å². The molecule has 4 rings (SSSR count). The second kappa shape index (κ2) is 7.60. The summed E-state index contributed by atoms with van der Waals surface area (Å²) in [6, 6.07) is 7.72. The molecule has 0 spiro atoms. The summed E-state index contributed by atoms with van der Waals surface area (Å²) in [5, 5.41) is 2.95. The van der Waals surface area contributed by atoms with Crippen LogP contribution in [0, 0.1) is 10.8 Å². The molecule has 1 aliphatic carbocycles. The van der Waals surface area contributed by atoms with E-state index in [4.69, 9.17) is 0 Å². The maximum absolute atomic E-state index is 13.2. The number of carbonyl (C=O) groups is 2. The highest BCUT2D eigenvalue weighted by atomic mass is 16.2. The van der Waals surface area contributed by atoms with Gasteiger partial charge in [0, 0.05) is 36.9 Å². The van der Waals surface area contributed by atoms with Crippen LogP contribution < -0.4 is 5.32 Å². The van der Waals surface area contributed by atoms with E-state index in [9.17, 15) is 9.59 Å². The second-order valence-corrected chi connectivity index (χ2v) is 10.3. The highest BCUT2D eigenvalue weighted by Gasteiger charge is 2.50. The topological polar surface area (TPSA) is 52.7 Å². The average Bonchev–Trinajstić information content (AvgIpc) is 2.91. The molecule has 5 nitrogen and oxygen atoms in total. The molecule has 2 heterocycles. The molecule has 2 aliphatic heterocycles. The van der Waals surface area contributed by atoms with E-state index in [0.717, 1.165) is 44.6 Å². The van der Waals surface area contributed by atoms with Crippen molar-refractivity contribution in [3.8, 4) is 0 Å². The lowest BCUT2D eigenvalue weighted by Crippen LogP contribution is -2.37. The van der Waals surface area contributed by atoms with Crippen LogP contribution in [0.25, 0.3) is 0 Å². The zero-order valence-corrected chi connectivity index (χ0v) is 17.9. The maximum atomic E-state index is 13.2. The van der Waals surface area contributed by atoms with Gasteiger partial charge in [-0.05, 0) is 60.8 Å². The van der Waals surface area contributed by atoms with Crippen molar-refractivity contribution in [2.45, 2.75) is 52.5 Å². The van der Waals surface area contributed by atoms with Crippen molar-refractivity contribution >= 4 is 17.5 Å². The predicted octanol–water partition coefficient (Wildman–Crippen LogP) is 3.93. The molecule has 2 bridgehead atoms. The average molecular weight is 396 g/mol. The molecule has 2 fully saturated rings. The van der Waals surface area contributed by atoms with Gasteiger partial charge in [0.2, 0.25) is 5.91 Å². The van der Waals surface area contributed by atoms with Gasteiger partial charge in [-0.2, -0.15) is 0 Å². The van der Waals surface area contributed by atoms with E-state index >= 15 is 0 Å². The first kappa shape index (κ1) is 20.1. The minimum Gasteiger partial charge on any atom is -0.335 e. The van der Waals surface area contributed by atoms with Gasteiger partial charge in [-0.15, -0.1) is 0 Å². The lowest BCUT2D eigenvalue weighted by Gasteiger charge is -2.39. The standard InChI is InChI=1S/C24H33N3O2/c1-23(2)13-20-14-24(3,16-23)17-27(20)22(29)18-7-9-19(10-8-18)25-21(28)15-26-11-5-4-6-12-26/h4-5,7-10,20H,6,11-17H2,1-3H3,(H,25,28). The van der Waals surface area contributed by atoms with Crippen LogP contribution in [0.3, 0.4) is 0 Å². The first-order valence-corrected chi connectivity index (χ1v) is 10.8. The molecule has 1 saturated carbocycles. The van der Waals surface area contributed by atoms with Crippen LogP contribution in [-0.4, -0.2) is 53.8 Å². The summed E-state index contributed by atoms with van der Waals surface area (Å²) in [4.78, 5) is 29.7. The Morgan fingerprint density at radius 3 is 2.55 bits per heavy atom. The summed E-state index contributed by atoms with van der Waals surface area (Å²) in [5.74, 6) is 0.109. The molecule has 5 heteroatoms. The largest absolute Gasteiger partial charge is 0.335 e. The van der Waals surface area contributed by atoms with E-state index in [-0.39, 0.29) is 17.2 Å². The van der Waals surface area contributed by atoms with E-state index in [1.807, 2.05) is 24.3 Å². The Morgan fingerprint density at radius 2 is 1.86 bits per heavy atom. The Kier molecular flexibility index (Phi) is 5.28. The van der Waals surface area contributed by atoms with E-state index in [0.29, 0.717) is 23.6 Å². The van der Waals surface area contributed by atoms with Crippen LogP contribution in [0.5, 0.6) is 0 Å². The number of fused-ring (bicyclic) bond motifs is 2. The van der Waals surface area contributed by atoms with Crippen LogP contribution in [-0.2, 0) is 4.79 Å². The minimum atomic E-state index is -0.0112. The number of benzene rings is 1. The molecule has 2 amide bonds. The van der Waals surface area contributed by atoms with E-state index in [1.54, 1.807) is 0 Å². The summed E-state index contributed by atoms with van der Waals surface area (Å²) >= 11 is 0. The number of hydrogen-bond donors (Lipinski definition) is 1. The van der Waals surface area contributed by atoms with E-state index in [2.05, 4.69) is 48.0 Å². The van der Waals surface area contributed by atoms with E-state index < -0.39 is 0 Å². The number of likely N-dealkylation sites (tertiary alicyclic amines) is 1. The number of amides is 2. The fourth-order valence-electron chi connectivity index (χ4n) is 5.80. The lowest BCUT2D eigenvalue weighted by molar-refractivity contribution is -0.117. The van der Waals surface area contributed by atoms with Gasteiger partial charge in [0.25, 0.3) is 5.91 Å². The molecular weight excluding hydrogens is 362 g/mol. The van der Waals surface area contributed by atoms with Crippen molar-refractivity contribution in [3.05, 3.63) is 42.0 Å². The van der Waals surface area contributed by atoms with Crippen molar-refractivity contribution in [1.82, 2.24) is 9.80 Å². The Balaban J connectivity index is 1.37. The molecular formula is C24H33N3O2. The Bertz CT molecular complexity index is 814. The van der Waals surface area contributed by atoms with Gasteiger partial charge in [-0.25, -0.2) is 0 Å². The third-order valence-electron chi connectivity index (χ3n) is 6.60. The summed E-state index contributed by atoms with van der Waals surface area (Å²) in [6.45, 7) is 9.96. The molecule has 2 atom stereocenters. The molecule has 1 saturated heterocycles. The smallest absolute Gasteiger partial charge is 0.254 e. The van der Waals surface area contributed by atoms with Gasteiger partial charge < -0.3 is 10.2 Å². The number of anilines is 1. The number of nitrogens with zero attached hydrogens (tertiary/aromatic N) is 2. The maximum Gasteiger partial charge on any atom is 0.254 e. The number of hydrogen-bond acceptors (Lipinski definition) is 3. The zero-order chi connectivity index (χ0) is 20.6. The third-order valence-corrected chi connectivity index (χ3v) is 6.60. The molecule has 29 heavy (non-hydrogen) atoms. The molecule has 156 valence electrons. The predicted molar refractivity (Wildman–Crippen MR) is 116 cm³/mol. The third kappa shape index (κ3) is 4.55. The molecule has 1 aromatic rings. The van der Waals surface area contributed by atoms with Gasteiger partial charge in [0.1, 0.15) is 0 Å². The van der Waals surface area contributed by atoms with Crippen molar-refractivity contribution in [2.75, 3.05) is 31.5 Å². The van der Waals surface area contributed by atoms with Gasteiger partial charge in [0.05, 0.1) is 6.54 Å². The van der Waals surface area contributed by atoms with Crippen LogP contribution in [0.2, 0.25) is 0 Å². The molecule has 1 aromatic carbocycles. The Labute approximate surface area is 174 Å². The molecule has 0 radical (unpaired) electrons. The molecule has 3 aliphatic rings. The highest BCUT2D eigenvalue weighted by Crippen LogP contribution is 2.52. The lowest BCUT2D eigenvalue weighted by atomic mass is 9.65. The van der Waals surface area contributed by atoms with Crippen LogP contribution >= 0.6 is 0 Å². The van der Waals surface area contributed by atoms with Crippen LogP contribution in [0.4, 0.5) is 5.69 Å². The fourth-order valence-corrected chi connectivity index (χ4v) is 5.80. The van der Waals surface area contributed by atoms with Crippen molar-refractivity contribution < 1.29 is 9.59 Å². The Hall–Kier alpha value is -2.14. The first-order valence-electron chi connectivity index (χ1n) is 10.8. The second-order valence-electron chi connectivity index (χ2n) is 10.3. The zero-order valence-electron chi connectivity index (χ0n) is 17.9. The van der Waals surface area contributed by atoms with Crippen LogP contribution in [0.1, 0.15) is 56.8 Å². The molecule has 2 unspecified atom stereocenters. The SMILES string of the molecule is CC1(C)CC2CC(C)(CN2C(=O)c2ccc(NC(=O)CN3CC=CCC3)cc2)C1. The summed E-state index contributed by atoms with van der Waals surface area (Å²) in [5.41, 5.74) is 1.98. The van der Waals surface area contributed by atoms with Crippen molar-refractivity contribution in [2.24, 2.45) is 10.8 Å². The number of carbonyl (C=O) groups excluding carboxylic acids is 2. The van der Waals surface area contributed by atoms with Gasteiger partial charge >= 0.3 is 0 Å². The molecule has 0 aromatic heterocycles. The normalized spacial score (nSPS) is 28.4. The number of rotatable bonds is 4. The van der Waals surface area contributed by atoms with Gasteiger partial charge in [-0.1, -0.05) is 32.9 Å². The monoisotopic (exact) mass is 395 g/mol. The summed E-state index contributed by atoms with van der Waals surface area (Å²) in [6.07, 6.45) is 8.62. The highest BCUT2D eigenvalue weighted by molar-refractivity contribution is 5.96. The fraction of sp³-hybridized carbons (Fsp3) is 0.583. The van der Waals surface area contributed by atoms with Crippen molar-refractivity contribution in [3.63, 3.8) is 0 Å². The van der Waals surface area contributed by atoms with Gasteiger partial charge in [0.15, 0.2) is 0 Å². The summed E-state index contributed by atoms with van der Waals surface area (Å²) in [7, 11) is 0. The first-order chi connectivity index (χ1) is 13.7. The van der Waals surface area contributed by atoms with Crippen molar-refractivity contribution in [1.29, 1.82) is 0 Å². The molecule has 1 N–H and O–H groups in total. The van der Waals surface area contributed by atoms with Crippen LogP contribution in [0.15, 0.2) is 36.4 Å². The quantitative estimate of drug-likeness (QED) is 0.786. The Morgan fingerprint density at radius 1 is 1.10 bits per heavy atom.